The summed E-state index contributed by atoms with van der Waals surface area (Å²) in [5.41, 5.74) is 3.00. The lowest BCUT2D eigenvalue weighted by Crippen LogP contribution is -2.32. The molecule has 0 bridgehead atoms. The normalized spacial score (nSPS) is 12.0. The molecule has 1 heterocycles. The fourth-order valence-corrected chi connectivity index (χ4v) is 5.10. The highest BCUT2D eigenvalue weighted by Crippen LogP contribution is 2.40. The van der Waals surface area contributed by atoms with E-state index in [1.54, 1.807) is 0 Å². The van der Waals surface area contributed by atoms with Crippen molar-refractivity contribution >= 4 is 38.5 Å². The van der Waals surface area contributed by atoms with Crippen LogP contribution in [0.5, 0.6) is 0 Å². The molecule has 0 saturated carbocycles. The molecule has 178 valence electrons. The van der Waals surface area contributed by atoms with E-state index in [1.807, 2.05) is 115 Å². The van der Waals surface area contributed by atoms with Gasteiger partial charge in [0, 0.05) is 44.7 Å². The van der Waals surface area contributed by atoms with E-state index in [-0.39, 0.29) is 12.1 Å². The Morgan fingerprint density at radius 1 is 0.806 bits per heavy atom. The quantitative estimate of drug-likeness (QED) is 0.128. The van der Waals surface area contributed by atoms with Gasteiger partial charge in [-0.15, -0.1) is 0 Å². The molecule has 4 aromatic carbocycles. The number of aromatic nitrogens is 1. The van der Waals surface area contributed by atoms with Gasteiger partial charge in [-0.05, 0) is 17.7 Å². The van der Waals surface area contributed by atoms with E-state index < -0.39 is 11.6 Å². The maximum Gasteiger partial charge on any atom is 0.354 e. The maximum atomic E-state index is 12.3. The molecular formula is C30H23BrN2O3. The van der Waals surface area contributed by atoms with Gasteiger partial charge in [-0.2, -0.15) is 0 Å². The minimum Gasteiger partial charge on any atom is -0.477 e. The molecular weight excluding hydrogens is 516 g/mol. The number of H-pyrrole nitrogens is 1. The van der Waals surface area contributed by atoms with Crippen LogP contribution < -0.4 is 0 Å². The Labute approximate surface area is 217 Å². The van der Waals surface area contributed by atoms with E-state index in [2.05, 4.69) is 26.1 Å². The van der Waals surface area contributed by atoms with Gasteiger partial charge < -0.3 is 14.9 Å². The van der Waals surface area contributed by atoms with Crippen molar-refractivity contribution in [2.24, 2.45) is 5.16 Å². The number of halogens is 1. The van der Waals surface area contributed by atoms with Crippen molar-refractivity contribution in [1.82, 2.24) is 4.98 Å². The van der Waals surface area contributed by atoms with Crippen LogP contribution in [0.15, 0.2) is 125 Å². The summed E-state index contributed by atoms with van der Waals surface area (Å²) in [5.74, 6) is -1.14. The van der Waals surface area contributed by atoms with Gasteiger partial charge in [0.2, 0.25) is 5.60 Å². The van der Waals surface area contributed by atoms with Crippen molar-refractivity contribution < 1.29 is 14.7 Å². The van der Waals surface area contributed by atoms with Crippen molar-refractivity contribution in [2.75, 3.05) is 0 Å². The van der Waals surface area contributed by atoms with Gasteiger partial charge in [0.25, 0.3) is 0 Å². The standard InChI is InChI=1S/C30H23BrN2O3/c31-25-17-10-18-26-28(25)21(20-32-26)19-27(29(34)35)33-36-30(22-11-4-1-5-12-22,23-13-6-2-7-14-23)24-15-8-3-9-16-24/h1-18,20,32H,19H2,(H,34,35)/b33-27+. The smallest absolute Gasteiger partial charge is 0.354 e. The molecule has 0 aliphatic rings. The first-order chi connectivity index (χ1) is 17.6. The van der Waals surface area contributed by atoms with E-state index in [1.165, 1.54) is 0 Å². The second-order valence-electron chi connectivity index (χ2n) is 8.37. The molecule has 1 aromatic heterocycles. The van der Waals surface area contributed by atoms with Crippen molar-refractivity contribution in [2.45, 2.75) is 12.0 Å². The van der Waals surface area contributed by atoms with Crippen LogP contribution in [0.3, 0.4) is 0 Å². The first-order valence-electron chi connectivity index (χ1n) is 11.5. The predicted molar refractivity (Wildman–Crippen MR) is 145 cm³/mol. The summed E-state index contributed by atoms with van der Waals surface area (Å²) in [4.78, 5) is 21.9. The lowest BCUT2D eigenvalue weighted by molar-refractivity contribution is -0.129. The lowest BCUT2D eigenvalue weighted by Gasteiger charge is -2.33. The van der Waals surface area contributed by atoms with Crippen molar-refractivity contribution in [3.8, 4) is 0 Å². The van der Waals surface area contributed by atoms with Gasteiger partial charge in [0.1, 0.15) is 0 Å². The number of aliphatic carboxylic acids is 1. The molecule has 5 aromatic rings. The van der Waals surface area contributed by atoms with Crippen LogP contribution in [0.2, 0.25) is 0 Å². The summed E-state index contributed by atoms with van der Waals surface area (Å²) >= 11 is 3.58. The predicted octanol–water partition coefficient (Wildman–Crippen LogP) is 6.92. The molecule has 0 amide bonds. The number of aromatic amines is 1. The summed E-state index contributed by atoms with van der Waals surface area (Å²) in [7, 11) is 0. The number of carbonyl (C=O) groups is 1. The first kappa shape index (κ1) is 23.6. The van der Waals surface area contributed by atoms with Gasteiger partial charge in [-0.1, -0.05) is 118 Å². The zero-order chi connectivity index (χ0) is 25.0. The molecule has 0 radical (unpaired) electrons. The summed E-state index contributed by atoms with van der Waals surface area (Å²) in [6.45, 7) is 0. The summed E-state index contributed by atoms with van der Waals surface area (Å²) in [6, 6.07) is 35.0. The van der Waals surface area contributed by atoms with Gasteiger partial charge in [-0.3, -0.25) is 0 Å². The van der Waals surface area contributed by atoms with Gasteiger partial charge in [-0.25, -0.2) is 4.79 Å². The first-order valence-corrected chi connectivity index (χ1v) is 12.3. The number of nitrogens with zero attached hydrogens (tertiary/aromatic N) is 1. The Morgan fingerprint density at radius 2 is 1.33 bits per heavy atom. The number of nitrogens with one attached hydrogen (secondary N) is 1. The third-order valence-electron chi connectivity index (χ3n) is 6.18. The highest BCUT2D eigenvalue weighted by atomic mass is 79.9. The van der Waals surface area contributed by atoms with Crippen molar-refractivity contribution in [1.29, 1.82) is 0 Å². The molecule has 2 N–H and O–H groups in total. The Kier molecular flexibility index (Phi) is 6.69. The molecule has 36 heavy (non-hydrogen) atoms. The second-order valence-corrected chi connectivity index (χ2v) is 9.22. The summed E-state index contributed by atoms with van der Waals surface area (Å²) in [6.07, 6.45) is 1.90. The average molecular weight is 539 g/mol. The number of rotatable bonds is 8. The average Bonchev–Trinajstić information content (AvgIpc) is 3.34. The summed E-state index contributed by atoms with van der Waals surface area (Å²) < 4.78 is 0.883. The number of benzene rings is 4. The topological polar surface area (TPSA) is 74.7 Å². The van der Waals surface area contributed by atoms with Crippen LogP contribution in [0.25, 0.3) is 10.9 Å². The van der Waals surface area contributed by atoms with Crippen molar-refractivity contribution in [3.63, 3.8) is 0 Å². The Balaban J connectivity index is 1.65. The highest BCUT2D eigenvalue weighted by molar-refractivity contribution is 9.10. The van der Waals surface area contributed by atoms with Gasteiger partial charge in [0.05, 0.1) is 0 Å². The number of hydrogen-bond acceptors (Lipinski definition) is 3. The van der Waals surface area contributed by atoms with Crippen LogP contribution >= 0.6 is 15.9 Å². The fraction of sp³-hybridized carbons (Fsp3) is 0.0667. The number of carboxylic acid groups (broad SMARTS) is 1. The number of hydrogen-bond donors (Lipinski definition) is 2. The van der Waals surface area contributed by atoms with E-state index in [9.17, 15) is 9.90 Å². The molecule has 0 fully saturated rings. The number of carboxylic acids is 1. The molecule has 0 atom stereocenters. The molecule has 5 rings (SSSR count). The molecule has 6 heteroatoms. The highest BCUT2D eigenvalue weighted by Gasteiger charge is 2.40. The van der Waals surface area contributed by atoms with Crippen LogP contribution in [0, 0.1) is 0 Å². The Bertz CT molecular complexity index is 1420. The molecule has 0 aliphatic carbocycles. The molecule has 0 unspecified atom stereocenters. The van der Waals surface area contributed by atoms with Gasteiger partial charge >= 0.3 is 5.97 Å². The monoisotopic (exact) mass is 538 g/mol. The Morgan fingerprint density at radius 3 is 1.83 bits per heavy atom. The largest absolute Gasteiger partial charge is 0.477 e. The van der Waals surface area contributed by atoms with E-state index in [0.29, 0.717) is 0 Å². The van der Waals surface area contributed by atoms with Crippen LogP contribution in [0.1, 0.15) is 22.3 Å². The number of oxime groups is 1. The lowest BCUT2D eigenvalue weighted by atomic mass is 9.80. The fourth-order valence-electron chi connectivity index (χ4n) is 4.47. The molecule has 5 nitrogen and oxygen atoms in total. The third kappa shape index (κ3) is 4.43. The summed E-state index contributed by atoms with van der Waals surface area (Å²) in [5, 5.41) is 15.3. The van der Waals surface area contributed by atoms with E-state index in [4.69, 9.17) is 4.84 Å². The van der Waals surface area contributed by atoms with Crippen LogP contribution in [-0.4, -0.2) is 21.8 Å². The van der Waals surface area contributed by atoms with Gasteiger partial charge in [0.15, 0.2) is 5.71 Å². The zero-order valence-electron chi connectivity index (χ0n) is 19.3. The third-order valence-corrected chi connectivity index (χ3v) is 6.84. The zero-order valence-corrected chi connectivity index (χ0v) is 20.9. The van der Waals surface area contributed by atoms with E-state index in [0.717, 1.165) is 37.6 Å². The van der Waals surface area contributed by atoms with Crippen LogP contribution in [0.4, 0.5) is 0 Å². The minimum absolute atomic E-state index is 0.0897. The van der Waals surface area contributed by atoms with E-state index >= 15 is 0 Å². The molecule has 0 saturated heterocycles. The molecule has 0 spiro atoms. The second kappa shape index (κ2) is 10.2. The van der Waals surface area contributed by atoms with Crippen LogP contribution in [-0.2, 0) is 21.7 Å². The maximum absolute atomic E-state index is 12.3. The minimum atomic E-state index is -1.15. The van der Waals surface area contributed by atoms with Crippen molar-refractivity contribution in [3.05, 3.63) is 142 Å². The number of fused-ring (bicyclic) bond motifs is 1. The Hall–Kier alpha value is -4.16. The SMILES string of the molecule is O=C(O)/C(Cc1c[nH]c2cccc(Br)c12)=N/OC(c1ccccc1)(c1ccccc1)c1ccccc1. The molecule has 0 aliphatic heterocycles.